The van der Waals surface area contributed by atoms with Crippen molar-refractivity contribution in [2.45, 2.75) is 56.4 Å². The Morgan fingerprint density at radius 3 is 2.00 bits per heavy atom. The molecule has 4 aliphatic carbocycles. The minimum Gasteiger partial charge on any atom is -0.208 e. The molecule has 0 saturated heterocycles. The van der Waals surface area contributed by atoms with Crippen LogP contribution in [0.5, 0.6) is 0 Å². The third-order valence-electron chi connectivity index (χ3n) is 6.39. The average molecular weight is 319 g/mol. The molecule has 4 aliphatic rings. The molecule has 1 unspecified atom stereocenters. The highest BCUT2D eigenvalue weighted by molar-refractivity contribution is 7.89. The van der Waals surface area contributed by atoms with E-state index in [9.17, 15) is 8.42 Å². The second-order valence-corrected chi connectivity index (χ2v) is 9.65. The maximum Gasteiger partial charge on any atom is 0.240 e. The van der Waals surface area contributed by atoms with Crippen LogP contribution >= 0.6 is 0 Å². The van der Waals surface area contributed by atoms with Gasteiger partial charge in [0.1, 0.15) is 0 Å². The molecule has 0 aromatic heterocycles. The van der Waals surface area contributed by atoms with Crippen LogP contribution in [0.1, 0.15) is 45.4 Å². The van der Waals surface area contributed by atoms with Gasteiger partial charge in [0, 0.05) is 6.04 Å². The Bertz CT molecular complexity index is 618. The van der Waals surface area contributed by atoms with Crippen LogP contribution in [-0.2, 0) is 10.0 Å². The lowest BCUT2D eigenvalue weighted by Gasteiger charge is -2.59. The van der Waals surface area contributed by atoms with Crippen molar-refractivity contribution in [2.75, 3.05) is 0 Å². The second-order valence-electron chi connectivity index (χ2n) is 7.94. The van der Waals surface area contributed by atoms with Crippen LogP contribution in [0.25, 0.3) is 0 Å². The maximum atomic E-state index is 12.6. The lowest BCUT2D eigenvalue weighted by molar-refractivity contribution is -0.0666. The first-order valence-corrected chi connectivity index (χ1v) is 10.0. The number of hydrogen-bond acceptors (Lipinski definition) is 2. The molecule has 4 saturated carbocycles. The number of nitrogens with one attached hydrogen (secondary N) is 1. The molecular weight excluding hydrogens is 294 g/mol. The quantitative estimate of drug-likeness (QED) is 0.922. The highest BCUT2D eigenvalue weighted by Crippen LogP contribution is 2.61. The molecule has 4 fully saturated rings. The summed E-state index contributed by atoms with van der Waals surface area (Å²) in [5, 5.41) is 0. The van der Waals surface area contributed by atoms with Crippen molar-refractivity contribution in [3.05, 3.63) is 30.3 Å². The summed E-state index contributed by atoms with van der Waals surface area (Å²) >= 11 is 0. The molecule has 1 atom stereocenters. The highest BCUT2D eigenvalue weighted by Gasteiger charge is 2.53. The summed E-state index contributed by atoms with van der Waals surface area (Å²) in [6.45, 7) is 2.09. The zero-order valence-corrected chi connectivity index (χ0v) is 14.0. The monoisotopic (exact) mass is 319 g/mol. The van der Waals surface area contributed by atoms with Gasteiger partial charge >= 0.3 is 0 Å². The summed E-state index contributed by atoms with van der Waals surface area (Å²) in [5.74, 6) is 2.53. The van der Waals surface area contributed by atoms with Crippen LogP contribution in [-0.4, -0.2) is 14.5 Å². The molecule has 4 heteroatoms. The van der Waals surface area contributed by atoms with Gasteiger partial charge in [0.15, 0.2) is 0 Å². The maximum absolute atomic E-state index is 12.6. The normalized spacial score (nSPS) is 38.1. The molecular formula is C18H25NO2S. The van der Waals surface area contributed by atoms with Crippen LogP contribution in [0.3, 0.4) is 0 Å². The van der Waals surface area contributed by atoms with E-state index in [0.29, 0.717) is 4.90 Å². The van der Waals surface area contributed by atoms with E-state index in [2.05, 4.69) is 11.6 Å². The van der Waals surface area contributed by atoms with Gasteiger partial charge in [0.2, 0.25) is 10.0 Å². The fourth-order valence-electron chi connectivity index (χ4n) is 5.73. The summed E-state index contributed by atoms with van der Waals surface area (Å²) in [6.07, 6.45) is 7.82. The van der Waals surface area contributed by atoms with E-state index in [0.717, 1.165) is 17.8 Å². The van der Waals surface area contributed by atoms with Gasteiger partial charge in [-0.05, 0) is 80.8 Å². The van der Waals surface area contributed by atoms with Gasteiger partial charge in [-0.1, -0.05) is 18.2 Å². The van der Waals surface area contributed by atoms with Crippen LogP contribution < -0.4 is 4.72 Å². The molecule has 5 rings (SSSR count). The molecule has 120 valence electrons. The van der Waals surface area contributed by atoms with Crippen molar-refractivity contribution in [1.82, 2.24) is 4.72 Å². The van der Waals surface area contributed by atoms with Crippen molar-refractivity contribution in [1.29, 1.82) is 0 Å². The molecule has 1 aromatic carbocycles. The minimum atomic E-state index is -3.40. The van der Waals surface area contributed by atoms with Gasteiger partial charge in [-0.2, -0.15) is 0 Å². The summed E-state index contributed by atoms with van der Waals surface area (Å²) < 4.78 is 28.3. The zero-order chi connectivity index (χ0) is 15.4. The minimum absolute atomic E-state index is 0.0334. The number of benzene rings is 1. The average Bonchev–Trinajstić information content (AvgIpc) is 2.46. The van der Waals surface area contributed by atoms with E-state index < -0.39 is 10.0 Å². The number of rotatable bonds is 4. The Labute approximate surface area is 133 Å². The first kappa shape index (κ1) is 14.7. The molecule has 4 bridgehead atoms. The molecule has 0 aliphatic heterocycles. The number of sulfonamides is 1. The fraction of sp³-hybridized carbons (Fsp3) is 0.667. The molecule has 0 radical (unpaired) electrons. The van der Waals surface area contributed by atoms with Crippen LogP contribution in [0.15, 0.2) is 35.2 Å². The fourth-order valence-corrected chi connectivity index (χ4v) is 7.10. The summed E-state index contributed by atoms with van der Waals surface area (Å²) in [6, 6.07) is 8.80. The molecule has 3 nitrogen and oxygen atoms in total. The predicted octanol–water partition coefficient (Wildman–Crippen LogP) is 3.57. The Kier molecular flexibility index (Phi) is 3.39. The smallest absolute Gasteiger partial charge is 0.208 e. The van der Waals surface area contributed by atoms with Gasteiger partial charge in [0.05, 0.1) is 4.90 Å². The second kappa shape index (κ2) is 5.07. The Morgan fingerprint density at radius 2 is 1.50 bits per heavy atom. The molecule has 1 aromatic rings. The summed E-state index contributed by atoms with van der Waals surface area (Å²) in [7, 11) is -3.40. The molecule has 1 N–H and O–H groups in total. The van der Waals surface area contributed by atoms with Crippen molar-refractivity contribution in [3.8, 4) is 0 Å². The predicted molar refractivity (Wildman–Crippen MR) is 86.8 cm³/mol. The van der Waals surface area contributed by atoms with E-state index >= 15 is 0 Å². The Balaban J connectivity index is 1.56. The highest BCUT2D eigenvalue weighted by atomic mass is 32.2. The van der Waals surface area contributed by atoms with Gasteiger partial charge < -0.3 is 0 Å². The van der Waals surface area contributed by atoms with Gasteiger partial charge in [-0.15, -0.1) is 0 Å². The SMILES string of the molecule is CC(NS(=O)(=O)c1ccccc1)C12CC3CC(CC(C3)C1)C2. The van der Waals surface area contributed by atoms with Crippen molar-refractivity contribution in [2.24, 2.45) is 23.2 Å². The van der Waals surface area contributed by atoms with Gasteiger partial charge in [-0.3, -0.25) is 0 Å². The topological polar surface area (TPSA) is 46.2 Å². The summed E-state index contributed by atoms with van der Waals surface area (Å²) in [5.41, 5.74) is 0.205. The Morgan fingerprint density at radius 1 is 1.00 bits per heavy atom. The van der Waals surface area contributed by atoms with Crippen molar-refractivity contribution >= 4 is 10.0 Å². The van der Waals surface area contributed by atoms with E-state index in [1.54, 1.807) is 24.3 Å². The van der Waals surface area contributed by atoms with Crippen LogP contribution in [0.4, 0.5) is 0 Å². The lowest BCUT2D eigenvalue weighted by Crippen LogP contribution is -2.55. The van der Waals surface area contributed by atoms with E-state index in [1.807, 2.05) is 6.07 Å². The molecule has 0 amide bonds. The molecule has 0 heterocycles. The van der Waals surface area contributed by atoms with Crippen LogP contribution in [0.2, 0.25) is 0 Å². The molecule has 0 spiro atoms. The van der Waals surface area contributed by atoms with Crippen LogP contribution in [0, 0.1) is 23.2 Å². The van der Waals surface area contributed by atoms with Gasteiger partial charge in [0.25, 0.3) is 0 Å². The van der Waals surface area contributed by atoms with E-state index in [-0.39, 0.29) is 11.5 Å². The summed E-state index contributed by atoms with van der Waals surface area (Å²) in [4.78, 5) is 0.381. The Hall–Kier alpha value is -0.870. The van der Waals surface area contributed by atoms with E-state index in [4.69, 9.17) is 0 Å². The zero-order valence-electron chi connectivity index (χ0n) is 13.2. The largest absolute Gasteiger partial charge is 0.240 e. The first-order chi connectivity index (χ1) is 10.5. The lowest BCUT2D eigenvalue weighted by atomic mass is 9.48. The first-order valence-electron chi connectivity index (χ1n) is 8.54. The molecule has 22 heavy (non-hydrogen) atoms. The third-order valence-corrected chi connectivity index (χ3v) is 7.95. The van der Waals surface area contributed by atoms with Crippen molar-refractivity contribution in [3.63, 3.8) is 0 Å². The number of hydrogen-bond donors (Lipinski definition) is 1. The van der Waals surface area contributed by atoms with E-state index in [1.165, 1.54) is 38.5 Å². The third kappa shape index (κ3) is 2.41. The van der Waals surface area contributed by atoms with Crippen molar-refractivity contribution < 1.29 is 8.42 Å². The van der Waals surface area contributed by atoms with Gasteiger partial charge in [-0.25, -0.2) is 13.1 Å². The standard InChI is InChI=1S/C18H25NO2S/c1-13(19-22(20,21)17-5-3-2-4-6-17)18-10-14-7-15(11-18)9-16(8-14)12-18/h2-6,13-16,19H,7-12H2,1H3.